The molecule has 0 spiro atoms. The fourth-order valence-electron chi connectivity index (χ4n) is 4.03. The molecule has 0 aliphatic heterocycles. The van der Waals surface area contributed by atoms with Gasteiger partial charge in [-0.1, -0.05) is 42.5 Å². The first-order valence-corrected chi connectivity index (χ1v) is 11.0. The predicted octanol–water partition coefficient (Wildman–Crippen LogP) is 2.79. The molecule has 1 aromatic heterocycles. The minimum absolute atomic E-state index is 0.133. The Morgan fingerprint density at radius 2 is 2.03 bits per heavy atom. The van der Waals surface area contributed by atoms with Crippen LogP contribution in [0.5, 0.6) is 0 Å². The third-order valence-corrected chi connectivity index (χ3v) is 5.77. The monoisotopic (exact) mass is 430 g/mol. The van der Waals surface area contributed by atoms with Gasteiger partial charge in [-0.05, 0) is 49.7 Å². The van der Waals surface area contributed by atoms with Gasteiger partial charge in [-0.3, -0.25) is 4.79 Å². The fourth-order valence-corrected chi connectivity index (χ4v) is 4.03. The van der Waals surface area contributed by atoms with Gasteiger partial charge in [-0.2, -0.15) is 0 Å². The lowest BCUT2D eigenvalue weighted by atomic mass is 10.1. The van der Waals surface area contributed by atoms with Crippen LogP contribution in [-0.2, 0) is 13.0 Å². The Hall–Kier alpha value is -3.29. The van der Waals surface area contributed by atoms with Crippen LogP contribution in [0.2, 0.25) is 0 Å². The number of likely N-dealkylation sites (N-methyl/N-ethyl adjacent to an activating group) is 1. The molecule has 1 aliphatic rings. The summed E-state index contributed by atoms with van der Waals surface area (Å²) in [6.07, 6.45) is 3.86. The second-order valence-electron chi connectivity index (χ2n) is 8.42. The van der Waals surface area contributed by atoms with Crippen LogP contribution in [-0.4, -0.2) is 48.0 Å². The number of nitrogens with two attached hydrogens (primary N) is 1. The lowest BCUT2D eigenvalue weighted by Gasteiger charge is -2.15. The van der Waals surface area contributed by atoms with Crippen LogP contribution in [0.3, 0.4) is 0 Å². The number of nitrogens with zero attached hydrogens (tertiary/aromatic N) is 3. The van der Waals surface area contributed by atoms with Gasteiger partial charge in [0, 0.05) is 31.2 Å². The van der Waals surface area contributed by atoms with E-state index in [0.29, 0.717) is 18.3 Å². The molecule has 32 heavy (non-hydrogen) atoms. The van der Waals surface area contributed by atoms with Gasteiger partial charge >= 0.3 is 0 Å². The van der Waals surface area contributed by atoms with E-state index in [1.165, 1.54) is 11.1 Å². The Morgan fingerprint density at radius 1 is 1.19 bits per heavy atom. The SMILES string of the molecule is CN(C)CCNC(=O)c1nc(-c2cccc(CN[C@H]3CCc4ccccc43)c2)cnc1N. The number of nitrogens with one attached hydrogen (secondary N) is 2. The number of anilines is 1. The predicted molar refractivity (Wildman–Crippen MR) is 127 cm³/mol. The Kier molecular flexibility index (Phi) is 6.78. The normalized spacial score (nSPS) is 15.0. The van der Waals surface area contributed by atoms with Crippen molar-refractivity contribution in [3.63, 3.8) is 0 Å². The van der Waals surface area contributed by atoms with Gasteiger partial charge in [0.2, 0.25) is 0 Å². The molecule has 4 N–H and O–H groups in total. The summed E-state index contributed by atoms with van der Waals surface area (Å²) >= 11 is 0. The van der Waals surface area contributed by atoms with Crippen molar-refractivity contribution in [3.8, 4) is 11.3 Å². The highest BCUT2D eigenvalue weighted by molar-refractivity contribution is 5.96. The molecule has 0 bridgehead atoms. The summed E-state index contributed by atoms with van der Waals surface area (Å²) in [5.74, 6) is -0.176. The van der Waals surface area contributed by atoms with Gasteiger partial charge in [0.1, 0.15) is 0 Å². The molecule has 7 heteroatoms. The summed E-state index contributed by atoms with van der Waals surface area (Å²) in [7, 11) is 3.91. The molecule has 0 fully saturated rings. The number of amides is 1. The zero-order valence-corrected chi connectivity index (χ0v) is 18.6. The first kappa shape index (κ1) is 21.9. The summed E-state index contributed by atoms with van der Waals surface area (Å²) in [5, 5.41) is 6.53. The minimum Gasteiger partial charge on any atom is -0.382 e. The molecule has 0 saturated carbocycles. The van der Waals surface area contributed by atoms with Gasteiger partial charge in [0.25, 0.3) is 5.91 Å². The molecule has 4 rings (SSSR count). The fraction of sp³-hybridized carbons (Fsp3) is 0.320. The van der Waals surface area contributed by atoms with E-state index in [1.54, 1.807) is 6.20 Å². The highest BCUT2D eigenvalue weighted by atomic mass is 16.1. The van der Waals surface area contributed by atoms with Crippen LogP contribution in [0, 0.1) is 0 Å². The number of hydrogen-bond donors (Lipinski definition) is 3. The van der Waals surface area contributed by atoms with Crippen LogP contribution >= 0.6 is 0 Å². The standard InChI is InChI=1S/C25H30N6O/c1-31(2)13-12-27-25(32)23-24(26)29-16-22(30-23)19-8-5-6-17(14-19)15-28-21-11-10-18-7-3-4-9-20(18)21/h3-9,14,16,21,28H,10-13,15H2,1-2H3,(H2,26,29)(H,27,32)/t21-/m0/s1. The number of fused-ring (bicyclic) bond motifs is 1. The number of nitrogen functional groups attached to an aromatic ring is 1. The lowest BCUT2D eigenvalue weighted by molar-refractivity contribution is 0.0947. The Labute approximate surface area is 189 Å². The number of rotatable bonds is 8. The molecule has 1 atom stereocenters. The van der Waals surface area contributed by atoms with Gasteiger partial charge < -0.3 is 21.3 Å². The zero-order valence-electron chi connectivity index (χ0n) is 18.6. The highest BCUT2D eigenvalue weighted by Gasteiger charge is 2.21. The van der Waals surface area contributed by atoms with E-state index in [0.717, 1.165) is 37.1 Å². The first-order chi connectivity index (χ1) is 15.5. The van der Waals surface area contributed by atoms with Gasteiger partial charge in [0.15, 0.2) is 11.5 Å². The molecule has 1 heterocycles. The van der Waals surface area contributed by atoms with Crippen LogP contribution < -0.4 is 16.4 Å². The van der Waals surface area contributed by atoms with Gasteiger partial charge in [-0.25, -0.2) is 9.97 Å². The van der Waals surface area contributed by atoms with E-state index in [4.69, 9.17) is 5.73 Å². The quantitative estimate of drug-likeness (QED) is 0.509. The Balaban J connectivity index is 1.45. The van der Waals surface area contributed by atoms with Gasteiger partial charge in [0.05, 0.1) is 11.9 Å². The molecule has 0 unspecified atom stereocenters. The number of aryl methyl sites for hydroxylation is 1. The maximum Gasteiger partial charge on any atom is 0.273 e. The average molecular weight is 431 g/mol. The van der Waals surface area contributed by atoms with E-state index in [2.05, 4.69) is 57.0 Å². The Bertz CT molecular complexity index is 1100. The van der Waals surface area contributed by atoms with Crippen LogP contribution in [0.25, 0.3) is 11.3 Å². The topological polar surface area (TPSA) is 96.2 Å². The summed E-state index contributed by atoms with van der Waals surface area (Å²) in [6.45, 7) is 2.01. The van der Waals surface area contributed by atoms with Gasteiger partial charge in [-0.15, -0.1) is 0 Å². The molecular formula is C25H30N6O. The molecule has 0 saturated heterocycles. The van der Waals surface area contributed by atoms with Crippen molar-refractivity contribution in [2.45, 2.75) is 25.4 Å². The minimum atomic E-state index is -0.309. The summed E-state index contributed by atoms with van der Waals surface area (Å²) in [5.41, 5.74) is 11.6. The third kappa shape index (κ3) is 5.12. The van der Waals surface area contributed by atoms with Crippen molar-refractivity contribution >= 4 is 11.7 Å². The maximum absolute atomic E-state index is 12.5. The van der Waals surface area contributed by atoms with Crippen molar-refractivity contribution in [3.05, 3.63) is 77.1 Å². The molecular weight excluding hydrogens is 400 g/mol. The van der Waals surface area contributed by atoms with E-state index in [1.807, 2.05) is 31.1 Å². The lowest BCUT2D eigenvalue weighted by Crippen LogP contribution is -2.32. The molecule has 0 radical (unpaired) electrons. The van der Waals surface area contributed by atoms with E-state index < -0.39 is 0 Å². The summed E-state index contributed by atoms with van der Waals surface area (Å²) < 4.78 is 0. The highest BCUT2D eigenvalue weighted by Crippen LogP contribution is 2.31. The van der Waals surface area contributed by atoms with Crippen molar-refractivity contribution in [2.24, 2.45) is 0 Å². The van der Waals surface area contributed by atoms with Crippen LogP contribution in [0.4, 0.5) is 5.82 Å². The van der Waals surface area contributed by atoms with E-state index >= 15 is 0 Å². The molecule has 166 valence electrons. The van der Waals surface area contributed by atoms with Crippen molar-refractivity contribution in [2.75, 3.05) is 32.9 Å². The smallest absolute Gasteiger partial charge is 0.273 e. The molecule has 2 aromatic carbocycles. The largest absolute Gasteiger partial charge is 0.382 e. The summed E-state index contributed by atoms with van der Waals surface area (Å²) in [6, 6.07) is 17.2. The number of benzene rings is 2. The second-order valence-corrected chi connectivity index (χ2v) is 8.42. The third-order valence-electron chi connectivity index (χ3n) is 5.77. The summed E-state index contributed by atoms with van der Waals surface area (Å²) in [4.78, 5) is 23.2. The molecule has 1 amide bonds. The van der Waals surface area contributed by atoms with Crippen LogP contribution in [0.15, 0.2) is 54.7 Å². The average Bonchev–Trinajstić information content (AvgIpc) is 3.21. The number of carbonyl (C=O) groups excluding carboxylic acids is 1. The van der Waals surface area contributed by atoms with Crippen molar-refractivity contribution in [1.82, 2.24) is 25.5 Å². The molecule has 1 aliphatic carbocycles. The molecule has 7 nitrogen and oxygen atoms in total. The Morgan fingerprint density at radius 3 is 2.88 bits per heavy atom. The van der Waals surface area contributed by atoms with E-state index in [-0.39, 0.29) is 17.4 Å². The second kappa shape index (κ2) is 9.89. The maximum atomic E-state index is 12.5. The van der Waals surface area contributed by atoms with Crippen LogP contribution in [0.1, 0.15) is 39.6 Å². The van der Waals surface area contributed by atoms with Crippen molar-refractivity contribution in [1.29, 1.82) is 0 Å². The molecule has 3 aromatic rings. The van der Waals surface area contributed by atoms with E-state index in [9.17, 15) is 4.79 Å². The van der Waals surface area contributed by atoms with Crippen molar-refractivity contribution < 1.29 is 4.79 Å². The number of hydrogen-bond acceptors (Lipinski definition) is 6. The first-order valence-electron chi connectivity index (χ1n) is 11.0. The number of carbonyl (C=O) groups is 1. The number of aromatic nitrogens is 2. The zero-order chi connectivity index (χ0) is 22.5.